The van der Waals surface area contributed by atoms with Gasteiger partial charge >= 0.3 is 0 Å². The van der Waals surface area contributed by atoms with Crippen LogP contribution in [0.3, 0.4) is 0 Å². The predicted molar refractivity (Wildman–Crippen MR) is 154 cm³/mol. The van der Waals surface area contributed by atoms with Crippen LogP contribution in [0.1, 0.15) is 12.0 Å². The minimum atomic E-state index is -4.05. The highest BCUT2D eigenvalue weighted by atomic mass is 35.5. The van der Waals surface area contributed by atoms with Crippen LogP contribution in [-0.4, -0.2) is 69.4 Å². The highest BCUT2D eigenvalue weighted by Crippen LogP contribution is 2.35. The third-order valence-corrected chi connectivity index (χ3v) is 8.05. The van der Waals surface area contributed by atoms with Crippen LogP contribution in [0.5, 0.6) is 17.2 Å². The smallest absolute Gasteiger partial charge is 0.264 e. The molecule has 0 aliphatic heterocycles. The third kappa shape index (κ3) is 6.12. The molecule has 0 fully saturated rings. The number of likely N-dealkylation sites (N-methyl/N-ethyl adjacent to an activating group) is 1. The molecule has 1 aliphatic rings. The Morgan fingerprint density at radius 1 is 1.13 bits per heavy atom. The Labute approximate surface area is 232 Å². The molecule has 3 aromatic rings. The zero-order chi connectivity index (χ0) is 27.4. The number of thiocarbonyl (C=S) groups is 1. The number of anilines is 1. The molecule has 0 saturated heterocycles. The minimum absolute atomic E-state index is 0.0489. The molecule has 0 unspecified atom stereocenters. The van der Waals surface area contributed by atoms with Crippen molar-refractivity contribution >= 4 is 55.4 Å². The second kappa shape index (κ2) is 11.7. The van der Waals surface area contributed by atoms with E-state index < -0.39 is 10.0 Å². The van der Waals surface area contributed by atoms with Crippen molar-refractivity contribution in [2.24, 2.45) is 0 Å². The molecule has 1 aliphatic carbocycles. The molecular formula is C26H29ClN4O5S2. The van der Waals surface area contributed by atoms with Gasteiger partial charge in [0.1, 0.15) is 17.3 Å². The number of sulfonamides is 1. The maximum atomic E-state index is 13.3. The number of methoxy groups -OCH3 is 2. The summed E-state index contributed by atoms with van der Waals surface area (Å²) < 4.78 is 47.8. The van der Waals surface area contributed by atoms with Crippen molar-refractivity contribution < 1.29 is 22.6 Å². The molecule has 0 atom stereocenters. The van der Waals surface area contributed by atoms with Crippen molar-refractivity contribution in [2.75, 3.05) is 46.2 Å². The number of allylic oxidation sites excluding steroid dienone is 4. The first-order valence-corrected chi connectivity index (χ1v) is 14.0. The first-order chi connectivity index (χ1) is 18.1. The van der Waals surface area contributed by atoms with E-state index in [1.807, 2.05) is 49.3 Å². The second-order valence-corrected chi connectivity index (χ2v) is 11.4. The van der Waals surface area contributed by atoms with E-state index in [4.69, 9.17) is 38.0 Å². The molecule has 4 rings (SSSR count). The van der Waals surface area contributed by atoms with Crippen LogP contribution in [0.25, 0.3) is 10.9 Å². The summed E-state index contributed by atoms with van der Waals surface area (Å²) in [6, 6.07) is 11.1. The van der Waals surface area contributed by atoms with Crippen LogP contribution in [0.15, 0.2) is 58.5 Å². The number of ether oxygens (including phenoxy) is 3. The van der Waals surface area contributed by atoms with E-state index in [0.29, 0.717) is 46.3 Å². The van der Waals surface area contributed by atoms with Gasteiger partial charge in [-0.3, -0.25) is 9.40 Å². The number of fused-ring (bicyclic) bond motifs is 1. The predicted octanol–water partition coefficient (Wildman–Crippen LogP) is 4.56. The summed E-state index contributed by atoms with van der Waals surface area (Å²) in [4.78, 5) is 2.26. The van der Waals surface area contributed by atoms with E-state index in [0.717, 1.165) is 12.1 Å². The van der Waals surface area contributed by atoms with Gasteiger partial charge in [-0.2, -0.15) is 5.10 Å². The van der Waals surface area contributed by atoms with Crippen LogP contribution in [0.4, 0.5) is 5.82 Å². The first-order valence-electron chi connectivity index (χ1n) is 11.7. The fourth-order valence-corrected chi connectivity index (χ4v) is 5.86. The molecular weight excluding hydrogens is 548 g/mol. The quantitative estimate of drug-likeness (QED) is 0.332. The fraction of sp³-hybridized carbons (Fsp3) is 0.308. The lowest BCUT2D eigenvalue weighted by Gasteiger charge is -2.14. The molecule has 1 N–H and O–H groups in total. The Bertz CT molecular complexity index is 1530. The molecule has 12 heteroatoms. The molecule has 0 radical (unpaired) electrons. The van der Waals surface area contributed by atoms with Crippen LogP contribution >= 0.6 is 23.8 Å². The summed E-state index contributed by atoms with van der Waals surface area (Å²) in [5.74, 6) is 1.84. The van der Waals surface area contributed by atoms with Crippen LogP contribution in [-0.2, 0) is 16.6 Å². The normalized spacial score (nSPS) is 13.9. The number of benzene rings is 2. The molecule has 0 saturated carbocycles. The Hall–Kier alpha value is -3.12. The molecule has 0 amide bonds. The first kappa shape index (κ1) is 27.9. The lowest BCUT2D eigenvalue weighted by atomic mass is 10.2. The number of nitrogens with one attached hydrogen (secondary N) is 1. The monoisotopic (exact) mass is 576 g/mol. The van der Waals surface area contributed by atoms with E-state index in [-0.39, 0.29) is 22.0 Å². The summed E-state index contributed by atoms with van der Waals surface area (Å²) in [5, 5.41) is 5.46. The van der Waals surface area contributed by atoms with Gasteiger partial charge in [0, 0.05) is 22.9 Å². The number of halogens is 1. The van der Waals surface area contributed by atoms with Gasteiger partial charge in [0.25, 0.3) is 10.0 Å². The molecule has 38 heavy (non-hydrogen) atoms. The number of hydrogen-bond acceptors (Lipinski definition) is 8. The van der Waals surface area contributed by atoms with E-state index in [1.165, 1.54) is 13.2 Å². The minimum Gasteiger partial charge on any atom is -0.496 e. The van der Waals surface area contributed by atoms with Crippen molar-refractivity contribution in [3.63, 3.8) is 0 Å². The van der Waals surface area contributed by atoms with Crippen molar-refractivity contribution in [3.8, 4) is 17.2 Å². The lowest BCUT2D eigenvalue weighted by Crippen LogP contribution is -2.21. The number of hydrogen-bond donors (Lipinski definition) is 1. The van der Waals surface area contributed by atoms with Crippen LogP contribution in [0.2, 0.25) is 0 Å². The standard InChI is InChI=1S/C26H29ClN4O5S2/c1-30(2)12-13-36-20-10-8-17(14-22(20)35-4)16-31-19-6-5-7-21(34-3)25(19)26(28-31)29-38(32,33)24-15-18(27)9-11-23(24)37/h5-10,14-15H,11-13,16H2,1-4H3,(H,28,29). The van der Waals surface area contributed by atoms with Gasteiger partial charge in [-0.1, -0.05) is 42.0 Å². The zero-order valence-corrected chi connectivity index (χ0v) is 23.9. The molecule has 2 aromatic carbocycles. The number of aromatic nitrogens is 2. The van der Waals surface area contributed by atoms with Gasteiger partial charge < -0.3 is 19.1 Å². The summed E-state index contributed by atoms with van der Waals surface area (Å²) in [6.45, 7) is 1.64. The van der Waals surface area contributed by atoms with Crippen molar-refractivity contribution in [2.45, 2.75) is 13.0 Å². The van der Waals surface area contributed by atoms with Gasteiger partial charge in [-0.25, -0.2) is 8.42 Å². The van der Waals surface area contributed by atoms with Crippen LogP contribution in [0, 0.1) is 0 Å². The maximum Gasteiger partial charge on any atom is 0.264 e. The van der Waals surface area contributed by atoms with Gasteiger partial charge in [-0.15, -0.1) is 0 Å². The van der Waals surface area contributed by atoms with Crippen molar-refractivity contribution in [3.05, 3.63) is 64.1 Å². The SMILES string of the molecule is COc1cc(Cn2nc(NS(=O)(=O)C3=CC(Cl)=CCC3=S)c3c(OC)cccc32)ccc1OCCN(C)C. The Morgan fingerprint density at radius 2 is 1.89 bits per heavy atom. The van der Waals surface area contributed by atoms with E-state index in [2.05, 4.69) is 9.82 Å². The summed E-state index contributed by atoms with van der Waals surface area (Å²) >= 11 is 11.4. The number of nitrogens with zero attached hydrogens (tertiary/aromatic N) is 3. The molecule has 202 valence electrons. The lowest BCUT2D eigenvalue weighted by molar-refractivity contribution is 0.250. The number of rotatable bonds is 11. The average molecular weight is 577 g/mol. The van der Waals surface area contributed by atoms with Gasteiger partial charge in [0.15, 0.2) is 17.3 Å². The molecule has 1 aromatic heterocycles. The van der Waals surface area contributed by atoms with Crippen molar-refractivity contribution in [1.29, 1.82) is 0 Å². The van der Waals surface area contributed by atoms with E-state index in [1.54, 1.807) is 23.9 Å². The molecule has 0 bridgehead atoms. The fourth-order valence-electron chi connectivity index (χ4n) is 3.97. The highest BCUT2D eigenvalue weighted by molar-refractivity contribution is 7.99. The molecule has 0 spiro atoms. The Morgan fingerprint density at radius 3 is 2.61 bits per heavy atom. The van der Waals surface area contributed by atoms with Gasteiger partial charge in [0.2, 0.25) is 0 Å². The van der Waals surface area contributed by atoms with Crippen LogP contribution < -0.4 is 18.9 Å². The topological polar surface area (TPSA) is 94.9 Å². The average Bonchev–Trinajstić information content (AvgIpc) is 3.22. The summed E-state index contributed by atoms with van der Waals surface area (Å²) in [5.41, 5.74) is 1.57. The Balaban J connectivity index is 1.69. The van der Waals surface area contributed by atoms with Gasteiger partial charge in [-0.05, 0) is 50.0 Å². The maximum absolute atomic E-state index is 13.3. The van der Waals surface area contributed by atoms with E-state index >= 15 is 0 Å². The summed E-state index contributed by atoms with van der Waals surface area (Å²) in [6.07, 6.45) is 3.29. The second-order valence-electron chi connectivity index (χ2n) is 8.83. The third-order valence-electron chi connectivity index (χ3n) is 5.86. The molecule has 9 nitrogen and oxygen atoms in total. The van der Waals surface area contributed by atoms with Gasteiger partial charge in [0.05, 0.1) is 31.7 Å². The van der Waals surface area contributed by atoms with E-state index in [9.17, 15) is 8.42 Å². The Kier molecular flexibility index (Phi) is 8.61. The zero-order valence-electron chi connectivity index (χ0n) is 21.5. The summed E-state index contributed by atoms with van der Waals surface area (Å²) in [7, 11) is 3.02. The largest absolute Gasteiger partial charge is 0.496 e. The molecule has 1 heterocycles. The highest BCUT2D eigenvalue weighted by Gasteiger charge is 2.27. The van der Waals surface area contributed by atoms with Crippen molar-refractivity contribution in [1.82, 2.24) is 14.7 Å².